The molecule has 18 heavy (non-hydrogen) atoms. The highest BCUT2D eigenvalue weighted by Gasteiger charge is 2.27. The third-order valence-electron chi connectivity index (χ3n) is 3.87. The molecule has 3 heteroatoms. The summed E-state index contributed by atoms with van der Waals surface area (Å²) in [6, 6.07) is 2.46. The summed E-state index contributed by atoms with van der Waals surface area (Å²) in [6.45, 7) is 6.76. The van der Waals surface area contributed by atoms with Crippen molar-refractivity contribution in [2.24, 2.45) is 11.7 Å². The van der Waals surface area contributed by atoms with Gasteiger partial charge in [0, 0.05) is 16.2 Å². The Labute approximate surface area is 120 Å². The first-order valence-corrected chi connectivity index (χ1v) is 8.85. The molecule has 0 radical (unpaired) electrons. The smallest absolute Gasteiger partial charge is 0.0544 e. The van der Waals surface area contributed by atoms with Crippen LogP contribution in [-0.2, 0) is 0 Å². The predicted molar refractivity (Wildman–Crippen MR) is 84.5 cm³/mol. The summed E-state index contributed by atoms with van der Waals surface area (Å²) in [5.74, 6) is 0.898. The Morgan fingerprint density at radius 2 is 2.22 bits per heavy atom. The van der Waals surface area contributed by atoms with E-state index in [1.54, 1.807) is 0 Å². The molecular weight excluding hydrogens is 258 g/mol. The van der Waals surface area contributed by atoms with Gasteiger partial charge in [0.2, 0.25) is 0 Å². The van der Waals surface area contributed by atoms with Gasteiger partial charge in [-0.25, -0.2) is 0 Å². The number of rotatable bonds is 4. The van der Waals surface area contributed by atoms with E-state index in [1.165, 1.54) is 36.1 Å². The minimum atomic E-state index is 0.240. The van der Waals surface area contributed by atoms with Crippen LogP contribution in [0.5, 0.6) is 0 Å². The van der Waals surface area contributed by atoms with Crippen molar-refractivity contribution in [2.45, 2.75) is 63.0 Å². The van der Waals surface area contributed by atoms with Crippen LogP contribution >= 0.6 is 23.1 Å². The van der Waals surface area contributed by atoms with Crippen molar-refractivity contribution in [3.63, 3.8) is 0 Å². The molecule has 0 aromatic carbocycles. The van der Waals surface area contributed by atoms with Crippen molar-refractivity contribution in [3.05, 3.63) is 21.9 Å². The topological polar surface area (TPSA) is 26.0 Å². The maximum absolute atomic E-state index is 6.23. The van der Waals surface area contributed by atoms with E-state index in [1.807, 2.05) is 11.3 Å². The predicted octanol–water partition coefficient (Wildman–Crippen LogP) is 4.76. The number of thioether (sulfide) groups is 1. The Bertz CT molecular complexity index is 372. The van der Waals surface area contributed by atoms with Crippen LogP contribution in [0.25, 0.3) is 0 Å². The SMILES string of the molecule is Cc1ccsc1C(SC1CCCC(C)C1)C(C)N. The van der Waals surface area contributed by atoms with Crippen LogP contribution in [0.4, 0.5) is 0 Å². The summed E-state index contributed by atoms with van der Waals surface area (Å²) >= 11 is 4.01. The molecule has 0 bridgehead atoms. The molecule has 1 saturated carbocycles. The van der Waals surface area contributed by atoms with Gasteiger partial charge in [0.05, 0.1) is 5.25 Å². The van der Waals surface area contributed by atoms with Crippen molar-refractivity contribution < 1.29 is 0 Å². The first-order chi connectivity index (χ1) is 8.58. The Kier molecular flexibility index (Phi) is 5.16. The Hall–Kier alpha value is 0.01000. The fourth-order valence-electron chi connectivity index (χ4n) is 2.81. The molecule has 2 rings (SSSR count). The average Bonchev–Trinajstić information content (AvgIpc) is 2.72. The van der Waals surface area contributed by atoms with E-state index < -0.39 is 0 Å². The molecule has 1 nitrogen and oxygen atoms in total. The normalized spacial score (nSPS) is 28.0. The van der Waals surface area contributed by atoms with Crippen molar-refractivity contribution in [2.75, 3.05) is 0 Å². The van der Waals surface area contributed by atoms with Crippen LogP contribution in [0, 0.1) is 12.8 Å². The maximum Gasteiger partial charge on any atom is 0.0544 e. The zero-order valence-corrected chi connectivity index (χ0v) is 13.3. The second-order valence-electron chi connectivity index (χ2n) is 5.78. The van der Waals surface area contributed by atoms with Crippen molar-refractivity contribution in [1.82, 2.24) is 0 Å². The van der Waals surface area contributed by atoms with Gasteiger partial charge in [0.1, 0.15) is 0 Å². The number of aryl methyl sites for hydroxylation is 1. The van der Waals surface area contributed by atoms with Gasteiger partial charge in [-0.15, -0.1) is 23.1 Å². The Morgan fingerprint density at radius 1 is 1.44 bits per heavy atom. The third kappa shape index (κ3) is 3.52. The van der Waals surface area contributed by atoms with Gasteiger partial charge in [-0.05, 0) is 49.6 Å². The van der Waals surface area contributed by atoms with Crippen LogP contribution < -0.4 is 5.73 Å². The molecule has 1 aliphatic rings. The minimum Gasteiger partial charge on any atom is -0.327 e. The molecule has 1 aromatic rings. The van der Waals surface area contributed by atoms with E-state index in [2.05, 4.69) is 44.0 Å². The first-order valence-electron chi connectivity index (χ1n) is 7.03. The molecule has 102 valence electrons. The van der Waals surface area contributed by atoms with Crippen LogP contribution in [0.15, 0.2) is 11.4 Å². The molecule has 1 aromatic heterocycles. The van der Waals surface area contributed by atoms with Gasteiger partial charge in [0.15, 0.2) is 0 Å². The lowest BCUT2D eigenvalue weighted by molar-refractivity contribution is 0.393. The van der Waals surface area contributed by atoms with E-state index in [4.69, 9.17) is 5.73 Å². The second kappa shape index (κ2) is 6.44. The number of nitrogens with two attached hydrogens (primary N) is 1. The molecule has 1 fully saturated rings. The molecule has 2 N–H and O–H groups in total. The van der Waals surface area contributed by atoms with Gasteiger partial charge in [-0.1, -0.05) is 19.8 Å². The van der Waals surface area contributed by atoms with Gasteiger partial charge in [0.25, 0.3) is 0 Å². The monoisotopic (exact) mass is 283 g/mol. The summed E-state index contributed by atoms with van der Waals surface area (Å²) in [5.41, 5.74) is 7.65. The van der Waals surface area contributed by atoms with Crippen LogP contribution in [0.3, 0.4) is 0 Å². The van der Waals surface area contributed by atoms with E-state index in [0.29, 0.717) is 5.25 Å². The third-order valence-corrected chi connectivity index (χ3v) is 6.89. The number of hydrogen-bond acceptors (Lipinski definition) is 3. The molecule has 4 atom stereocenters. The largest absolute Gasteiger partial charge is 0.327 e. The van der Waals surface area contributed by atoms with Crippen LogP contribution in [-0.4, -0.2) is 11.3 Å². The average molecular weight is 284 g/mol. The summed E-state index contributed by atoms with van der Waals surface area (Å²) < 4.78 is 0. The second-order valence-corrected chi connectivity index (χ2v) is 8.17. The highest BCUT2D eigenvalue weighted by Crippen LogP contribution is 2.43. The van der Waals surface area contributed by atoms with Gasteiger partial charge < -0.3 is 5.73 Å². The fourth-order valence-corrected chi connectivity index (χ4v) is 5.88. The lowest BCUT2D eigenvalue weighted by atomic mass is 9.90. The van der Waals surface area contributed by atoms with Gasteiger partial charge >= 0.3 is 0 Å². The van der Waals surface area contributed by atoms with Crippen molar-refractivity contribution >= 4 is 23.1 Å². The molecule has 0 amide bonds. The summed E-state index contributed by atoms with van der Waals surface area (Å²) in [6.07, 6.45) is 5.56. The first kappa shape index (κ1) is 14.4. The lowest BCUT2D eigenvalue weighted by Gasteiger charge is -2.31. The summed E-state index contributed by atoms with van der Waals surface area (Å²) in [7, 11) is 0. The molecule has 0 spiro atoms. The quantitative estimate of drug-likeness (QED) is 0.862. The lowest BCUT2D eigenvalue weighted by Crippen LogP contribution is -2.26. The molecule has 4 unspecified atom stereocenters. The molecule has 1 aliphatic carbocycles. The fraction of sp³-hybridized carbons (Fsp3) is 0.733. The van der Waals surface area contributed by atoms with Crippen molar-refractivity contribution in [3.8, 4) is 0 Å². The van der Waals surface area contributed by atoms with Crippen LogP contribution in [0.2, 0.25) is 0 Å². The van der Waals surface area contributed by atoms with E-state index in [0.717, 1.165) is 11.2 Å². The van der Waals surface area contributed by atoms with E-state index >= 15 is 0 Å². The zero-order chi connectivity index (χ0) is 13.1. The Balaban J connectivity index is 2.05. The standard InChI is InChI=1S/C15H25NS2/c1-10-5-4-6-13(9-10)18-15(12(3)16)14-11(2)7-8-17-14/h7-8,10,12-13,15H,4-6,9,16H2,1-3H3. The summed E-state index contributed by atoms with van der Waals surface area (Å²) in [5, 5.41) is 3.50. The van der Waals surface area contributed by atoms with E-state index in [-0.39, 0.29) is 6.04 Å². The minimum absolute atomic E-state index is 0.240. The number of hydrogen-bond donors (Lipinski definition) is 1. The highest BCUT2D eigenvalue weighted by molar-refractivity contribution is 8.00. The summed E-state index contributed by atoms with van der Waals surface area (Å²) in [4.78, 5) is 1.49. The molecule has 0 saturated heterocycles. The molecule has 0 aliphatic heterocycles. The van der Waals surface area contributed by atoms with Crippen LogP contribution in [0.1, 0.15) is 55.2 Å². The van der Waals surface area contributed by atoms with Gasteiger partial charge in [-0.3, -0.25) is 0 Å². The Morgan fingerprint density at radius 3 is 2.78 bits per heavy atom. The molecular formula is C15H25NS2. The van der Waals surface area contributed by atoms with Crippen molar-refractivity contribution in [1.29, 1.82) is 0 Å². The van der Waals surface area contributed by atoms with Gasteiger partial charge in [-0.2, -0.15) is 0 Å². The number of thiophene rings is 1. The zero-order valence-electron chi connectivity index (χ0n) is 11.7. The molecule has 1 heterocycles. The highest BCUT2D eigenvalue weighted by atomic mass is 32.2. The van der Waals surface area contributed by atoms with E-state index in [9.17, 15) is 0 Å². The maximum atomic E-state index is 6.23.